The number of nitrogens with zero attached hydrogens (tertiary/aromatic N) is 2. The SMILES string of the molecule is COC(=O)C1(N=NC2CC2)CC12CC2. The van der Waals surface area contributed by atoms with Gasteiger partial charge in [0.1, 0.15) is 0 Å². The van der Waals surface area contributed by atoms with Gasteiger partial charge in [-0.3, -0.25) is 0 Å². The second-order valence-electron chi connectivity index (χ2n) is 4.76. The third-order valence-electron chi connectivity index (χ3n) is 3.66. The third kappa shape index (κ3) is 0.967. The van der Waals surface area contributed by atoms with E-state index in [9.17, 15) is 4.79 Å². The van der Waals surface area contributed by atoms with Gasteiger partial charge in [-0.25, -0.2) is 4.79 Å². The second kappa shape index (κ2) is 2.35. The Morgan fingerprint density at radius 3 is 2.57 bits per heavy atom. The average molecular weight is 194 g/mol. The fourth-order valence-corrected chi connectivity index (χ4v) is 2.20. The zero-order chi connectivity index (χ0) is 9.81. The van der Waals surface area contributed by atoms with Crippen LogP contribution in [-0.2, 0) is 9.53 Å². The summed E-state index contributed by atoms with van der Waals surface area (Å²) in [6.45, 7) is 0. The van der Waals surface area contributed by atoms with Crippen molar-refractivity contribution in [2.45, 2.75) is 43.7 Å². The van der Waals surface area contributed by atoms with Crippen LogP contribution in [0.25, 0.3) is 0 Å². The Balaban J connectivity index is 1.79. The molecular weight excluding hydrogens is 180 g/mol. The summed E-state index contributed by atoms with van der Waals surface area (Å²) in [6, 6.07) is 0.396. The highest BCUT2D eigenvalue weighted by molar-refractivity contribution is 5.87. The number of carbonyl (C=O) groups is 1. The normalized spacial score (nSPS) is 37.5. The van der Waals surface area contributed by atoms with Crippen molar-refractivity contribution in [2.24, 2.45) is 15.6 Å². The summed E-state index contributed by atoms with van der Waals surface area (Å²) in [6.07, 6.45) is 5.36. The zero-order valence-electron chi connectivity index (χ0n) is 8.32. The number of esters is 1. The van der Waals surface area contributed by atoms with Gasteiger partial charge in [0, 0.05) is 5.41 Å². The molecule has 3 rings (SSSR count). The third-order valence-corrected chi connectivity index (χ3v) is 3.66. The lowest BCUT2D eigenvalue weighted by Gasteiger charge is -2.07. The molecule has 0 aromatic carbocycles. The van der Waals surface area contributed by atoms with Gasteiger partial charge in [-0.2, -0.15) is 10.2 Å². The van der Waals surface area contributed by atoms with Crippen molar-refractivity contribution in [3.05, 3.63) is 0 Å². The van der Waals surface area contributed by atoms with Gasteiger partial charge in [-0.1, -0.05) is 0 Å². The molecule has 14 heavy (non-hydrogen) atoms. The van der Waals surface area contributed by atoms with Gasteiger partial charge >= 0.3 is 5.97 Å². The van der Waals surface area contributed by atoms with Crippen molar-refractivity contribution >= 4 is 5.97 Å². The Hall–Kier alpha value is -0.930. The highest BCUT2D eigenvalue weighted by Crippen LogP contribution is 2.75. The Bertz CT molecular complexity index is 318. The van der Waals surface area contributed by atoms with E-state index in [1.54, 1.807) is 0 Å². The molecule has 4 heteroatoms. The molecule has 1 atom stereocenters. The number of methoxy groups -OCH3 is 1. The van der Waals surface area contributed by atoms with Crippen LogP contribution in [0.2, 0.25) is 0 Å². The summed E-state index contributed by atoms with van der Waals surface area (Å²) in [5.41, 5.74) is -0.400. The molecule has 0 aliphatic heterocycles. The first-order valence-corrected chi connectivity index (χ1v) is 5.23. The lowest BCUT2D eigenvalue weighted by molar-refractivity contribution is -0.144. The summed E-state index contributed by atoms with van der Waals surface area (Å²) in [4.78, 5) is 11.6. The van der Waals surface area contributed by atoms with Crippen molar-refractivity contribution < 1.29 is 9.53 Å². The summed E-state index contributed by atoms with van der Waals surface area (Å²) in [7, 11) is 1.44. The number of carbonyl (C=O) groups excluding carboxylic acids is 1. The van der Waals surface area contributed by atoms with Crippen molar-refractivity contribution in [1.29, 1.82) is 0 Å². The molecule has 4 nitrogen and oxygen atoms in total. The zero-order valence-corrected chi connectivity index (χ0v) is 8.32. The fraction of sp³-hybridized carbons (Fsp3) is 0.900. The highest BCUT2D eigenvalue weighted by Gasteiger charge is 2.80. The first kappa shape index (κ1) is 8.38. The maximum Gasteiger partial charge on any atom is 0.336 e. The van der Waals surface area contributed by atoms with Crippen molar-refractivity contribution in [3.63, 3.8) is 0 Å². The van der Waals surface area contributed by atoms with Crippen molar-refractivity contribution in [3.8, 4) is 0 Å². The Morgan fingerprint density at radius 2 is 2.14 bits per heavy atom. The fourth-order valence-electron chi connectivity index (χ4n) is 2.20. The number of ether oxygens (including phenoxy) is 1. The van der Waals surface area contributed by atoms with Crippen molar-refractivity contribution in [1.82, 2.24) is 0 Å². The van der Waals surface area contributed by atoms with Crippen LogP contribution in [0.1, 0.15) is 32.1 Å². The van der Waals surface area contributed by atoms with E-state index in [0.29, 0.717) is 6.04 Å². The quantitative estimate of drug-likeness (QED) is 0.507. The number of hydrogen-bond acceptors (Lipinski definition) is 4. The average Bonchev–Trinajstić information content (AvgIpc) is 3.06. The smallest absolute Gasteiger partial charge is 0.336 e. The molecule has 3 aliphatic rings. The summed E-state index contributed by atoms with van der Waals surface area (Å²) < 4.78 is 4.81. The van der Waals surface area contributed by atoms with Crippen LogP contribution >= 0.6 is 0 Å². The van der Waals surface area contributed by atoms with Gasteiger partial charge in [0.15, 0.2) is 5.54 Å². The van der Waals surface area contributed by atoms with Gasteiger partial charge in [0.05, 0.1) is 13.2 Å². The minimum Gasteiger partial charge on any atom is -0.467 e. The summed E-state index contributed by atoms with van der Waals surface area (Å²) in [5.74, 6) is -0.181. The molecule has 1 spiro atoms. The molecule has 0 saturated heterocycles. The monoisotopic (exact) mass is 194 g/mol. The maximum atomic E-state index is 11.6. The topological polar surface area (TPSA) is 51.0 Å². The largest absolute Gasteiger partial charge is 0.467 e. The molecule has 0 heterocycles. The van der Waals surface area contributed by atoms with Crippen LogP contribution in [0.5, 0.6) is 0 Å². The number of hydrogen-bond donors (Lipinski definition) is 0. The molecule has 3 saturated carbocycles. The molecule has 1 unspecified atom stereocenters. The van der Waals surface area contributed by atoms with Gasteiger partial charge in [0.2, 0.25) is 0 Å². The Morgan fingerprint density at radius 1 is 1.43 bits per heavy atom. The highest BCUT2D eigenvalue weighted by atomic mass is 16.5. The maximum absolute atomic E-state index is 11.6. The Labute approximate surface area is 82.7 Å². The van der Waals surface area contributed by atoms with E-state index >= 15 is 0 Å². The molecule has 0 N–H and O–H groups in total. The standard InChI is InChI=1S/C10H14N2O2/c1-14-8(13)10(6-9(10)4-5-9)12-11-7-2-3-7/h7H,2-6H2,1H3. The van der Waals surface area contributed by atoms with Crippen LogP contribution in [0.4, 0.5) is 0 Å². The van der Waals surface area contributed by atoms with E-state index in [-0.39, 0.29) is 11.4 Å². The molecule has 0 aromatic heterocycles. The molecule has 0 amide bonds. The van der Waals surface area contributed by atoms with E-state index < -0.39 is 5.54 Å². The minimum absolute atomic E-state index is 0.165. The van der Waals surface area contributed by atoms with E-state index in [1.165, 1.54) is 7.11 Å². The Kier molecular flexibility index (Phi) is 1.41. The molecule has 3 aliphatic carbocycles. The van der Waals surface area contributed by atoms with Gasteiger partial charge < -0.3 is 4.74 Å². The summed E-state index contributed by atoms with van der Waals surface area (Å²) in [5, 5.41) is 8.46. The molecule has 0 bridgehead atoms. The first-order chi connectivity index (χ1) is 6.72. The molecule has 0 radical (unpaired) electrons. The van der Waals surface area contributed by atoms with Crippen LogP contribution < -0.4 is 0 Å². The van der Waals surface area contributed by atoms with E-state index in [0.717, 1.165) is 32.1 Å². The van der Waals surface area contributed by atoms with Crippen LogP contribution in [0.3, 0.4) is 0 Å². The molecule has 76 valence electrons. The van der Waals surface area contributed by atoms with Crippen molar-refractivity contribution in [2.75, 3.05) is 7.11 Å². The van der Waals surface area contributed by atoms with Gasteiger partial charge in [-0.05, 0) is 32.1 Å². The van der Waals surface area contributed by atoms with Crippen LogP contribution in [-0.4, -0.2) is 24.7 Å². The number of rotatable bonds is 3. The van der Waals surface area contributed by atoms with Gasteiger partial charge in [-0.15, -0.1) is 0 Å². The molecule has 3 fully saturated rings. The first-order valence-electron chi connectivity index (χ1n) is 5.23. The number of azo groups is 1. The summed E-state index contributed by atoms with van der Waals surface area (Å²) >= 11 is 0. The van der Waals surface area contributed by atoms with Crippen LogP contribution in [0.15, 0.2) is 10.2 Å². The van der Waals surface area contributed by atoms with Gasteiger partial charge in [0.25, 0.3) is 0 Å². The van der Waals surface area contributed by atoms with E-state index in [4.69, 9.17) is 4.74 Å². The van der Waals surface area contributed by atoms with E-state index in [1.807, 2.05) is 0 Å². The minimum atomic E-state index is -0.565. The van der Waals surface area contributed by atoms with Crippen LogP contribution in [0, 0.1) is 5.41 Å². The second-order valence-corrected chi connectivity index (χ2v) is 4.76. The molecule has 0 aromatic rings. The van der Waals surface area contributed by atoms with E-state index in [2.05, 4.69) is 10.2 Å². The predicted octanol–water partition coefficient (Wildman–Crippen LogP) is 1.70. The predicted molar refractivity (Wildman–Crippen MR) is 48.9 cm³/mol. The lowest BCUT2D eigenvalue weighted by atomic mass is 10.2. The lowest BCUT2D eigenvalue weighted by Crippen LogP contribution is -2.24. The molecular formula is C10H14N2O2.